The van der Waals surface area contributed by atoms with E-state index in [9.17, 15) is 9.59 Å². The lowest BCUT2D eigenvalue weighted by Gasteiger charge is -2.11. The zero-order chi connectivity index (χ0) is 19.2. The normalized spacial score (nSPS) is 12.2. The van der Waals surface area contributed by atoms with Gasteiger partial charge in [0.05, 0.1) is 0 Å². The number of para-hydroxylation sites is 1. The molecular formula is C24H26O3. The van der Waals surface area contributed by atoms with Gasteiger partial charge in [0.15, 0.2) is 5.76 Å². The third kappa shape index (κ3) is 4.36. The van der Waals surface area contributed by atoms with Crippen LogP contribution in [0.25, 0.3) is 11.0 Å². The van der Waals surface area contributed by atoms with E-state index in [1.807, 2.05) is 49.4 Å². The average Bonchev–Trinajstić information content (AvgIpc) is 3.06. The number of furan rings is 1. The summed E-state index contributed by atoms with van der Waals surface area (Å²) in [6.45, 7) is 4.08. The molecule has 0 radical (unpaired) electrons. The van der Waals surface area contributed by atoms with Gasteiger partial charge in [-0.1, -0.05) is 75.2 Å². The molecule has 3 aromatic rings. The second-order valence-corrected chi connectivity index (χ2v) is 7.13. The second-order valence-electron chi connectivity index (χ2n) is 7.13. The number of unbranched alkanes of at least 4 members (excludes halogenated alkanes) is 2. The predicted molar refractivity (Wildman–Crippen MR) is 108 cm³/mol. The van der Waals surface area contributed by atoms with Gasteiger partial charge in [-0.05, 0) is 18.9 Å². The minimum Gasteiger partial charge on any atom is -0.452 e. The number of carbonyl (C=O) groups is 2. The Morgan fingerprint density at radius 2 is 1.67 bits per heavy atom. The Morgan fingerprint density at radius 1 is 0.963 bits per heavy atom. The SMILES string of the molecule is CCCCCC(=O)C(C)Cc1c(C(=O)c2ccccc2)oc2ccccc12. The van der Waals surface area contributed by atoms with E-state index in [0.717, 1.165) is 30.2 Å². The highest BCUT2D eigenvalue weighted by atomic mass is 16.3. The van der Waals surface area contributed by atoms with Gasteiger partial charge < -0.3 is 4.42 Å². The minimum absolute atomic E-state index is 0.132. The van der Waals surface area contributed by atoms with Gasteiger partial charge in [-0.2, -0.15) is 0 Å². The summed E-state index contributed by atoms with van der Waals surface area (Å²) in [5.74, 6) is 0.347. The van der Waals surface area contributed by atoms with E-state index in [2.05, 4.69) is 6.92 Å². The monoisotopic (exact) mass is 362 g/mol. The second kappa shape index (κ2) is 8.81. The van der Waals surface area contributed by atoms with Crippen LogP contribution in [0.2, 0.25) is 0 Å². The van der Waals surface area contributed by atoms with Gasteiger partial charge >= 0.3 is 0 Å². The Balaban J connectivity index is 1.91. The highest BCUT2D eigenvalue weighted by Gasteiger charge is 2.24. The molecule has 0 aliphatic rings. The van der Waals surface area contributed by atoms with Crippen molar-refractivity contribution in [1.29, 1.82) is 0 Å². The topological polar surface area (TPSA) is 47.3 Å². The molecule has 0 aliphatic heterocycles. The molecule has 0 aliphatic carbocycles. The van der Waals surface area contributed by atoms with Crippen LogP contribution < -0.4 is 0 Å². The molecule has 0 saturated heterocycles. The maximum Gasteiger partial charge on any atom is 0.228 e. The van der Waals surface area contributed by atoms with Crippen molar-refractivity contribution in [2.75, 3.05) is 0 Å². The molecule has 3 nitrogen and oxygen atoms in total. The van der Waals surface area contributed by atoms with Crippen molar-refractivity contribution in [3.63, 3.8) is 0 Å². The Hall–Kier alpha value is -2.68. The molecule has 0 saturated carbocycles. The van der Waals surface area contributed by atoms with Crippen LogP contribution in [0.3, 0.4) is 0 Å². The molecular weight excluding hydrogens is 336 g/mol. The lowest BCUT2D eigenvalue weighted by molar-refractivity contribution is -0.122. The Kier molecular flexibility index (Phi) is 6.23. The maximum atomic E-state index is 13.0. The number of hydrogen-bond acceptors (Lipinski definition) is 3. The van der Waals surface area contributed by atoms with Gasteiger partial charge in [0.1, 0.15) is 11.4 Å². The molecule has 1 unspecified atom stereocenters. The summed E-state index contributed by atoms with van der Waals surface area (Å²) in [6.07, 6.45) is 4.23. The van der Waals surface area contributed by atoms with Gasteiger partial charge in [-0.25, -0.2) is 0 Å². The Morgan fingerprint density at radius 3 is 2.41 bits per heavy atom. The molecule has 0 fully saturated rings. The van der Waals surface area contributed by atoms with E-state index >= 15 is 0 Å². The summed E-state index contributed by atoms with van der Waals surface area (Å²) >= 11 is 0. The summed E-state index contributed by atoms with van der Waals surface area (Å²) in [5, 5.41) is 0.921. The van der Waals surface area contributed by atoms with Gasteiger partial charge in [-0.3, -0.25) is 9.59 Å². The van der Waals surface area contributed by atoms with Gasteiger partial charge in [-0.15, -0.1) is 0 Å². The lowest BCUT2D eigenvalue weighted by Crippen LogP contribution is -2.15. The fourth-order valence-corrected chi connectivity index (χ4v) is 3.42. The summed E-state index contributed by atoms with van der Waals surface area (Å²) < 4.78 is 5.93. The van der Waals surface area contributed by atoms with E-state index in [1.165, 1.54) is 0 Å². The first-order valence-corrected chi connectivity index (χ1v) is 9.74. The molecule has 1 atom stereocenters. The first-order valence-electron chi connectivity index (χ1n) is 9.74. The number of carbonyl (C=O) groups excluding carboxylic acids is 2. The number of benzene rings is 2. The van der Waals surface area contributed by atoms with E-state index < -0.39 is 0 Å². The third-order valence-corrected chi connectivity index (χ3v) is 5.03. The lowest BCUT2D eigenvalue weighted by atomic mass is 9.91. The number of rotatable bonds is 9. The minimum atomic E-state index is -0.134. The van der Waals surface area contributed by atoms with Crippen LogP contribution >= 0.6 is 0 Å². The summed E-state index contributed by atoms with van der Waals surface area (Å²) in [7, 11) is 0. The summed E-state index contributed by atoms with van der Waals surface area (Å²) in [6, 6.07) is 16.8. The zero-order valence-corrected chi connectivity index (χ0v) is 16.0. The standard InChI is InChI=1S/C24H26O3/c1-3-4-6-14-21(25)17(2)16-20-19-13-9-10-15-22(19)27-24(20)23(26)18-11-7-5-8-12-18/h5,7-13,15,17H,3-4,6,14,16H2,1-2H3. The molecule has 1 heterocycles. The smallest absolute Gasteiger partial charge is 0.228 e. The van der Waals surface area contributed by atoms with Crippen LogP contribution in [-0.2, 0) is 11.2 Å². The summed E-state index contributed by atoms with van der Waals surface area (Å²) in [5.41, 5.74) is 2.13. The molecule has 140 valence electrons. The van der Waals surface area contributed by atoms with Crippen molar-refractivity contribution < 1.29 is 14.0 Å². The van der Waals surface area contributed by atoms with Crippen molar-refractivity contribution in [3.8, 4) is 0 Å². The molecule has 3 heteroatoms. The quantitative estimate of drug-likeness (QED) is 0.347. The highest BCUT2D eigenvalue weighted by molar-refractivity contribution is 6.10. The van der Waals surface area contributed by atoms with Crippen LogP contribution in [0.5, 0.6) is 0 Å². The van der Waals surface area contributed by atoms with Crippen LogP contribution in [-0.4, -0.2) is 11.6 Å². The van der Waals surface area contributed by atoms with Crippen molar-refractivity contribution in [2.45, 2.75) is 46.0 Å². The van der Waals surface area contributed by atoms with Crippen LogP contribution in [0.1, 0.15) is 61.2 Å². The van der Waals surface area contributed by atoms with Crippen molar-refractivity contribution >= 4 is 22.5 Å². The van der Waals surface area contributed by atoms with E-state index in [4.69, 9.17) is 4.42 Å². The molecule has 1 aromatic heterocycles. The molecule has 0 amide bonds. The van der Waals surface area contributed by atoms with Gasteiger partial charge in [0, 0.05) is 28.9 Å². The van der Waals surface area contributed by atoms with Gasteiger partial charge in [0.25, 0.3) is 0 Å². The molecule has 3 rings (SSSR count). The Labute approximate surface area is 160 Å². The van der Waals surface area contributed by atoms with Crippen molar-refractivity contribution in [2.24, 2.45) is 5.92 Å². The number of hydrogen-bond donors (Lipinski definition) is 0. The Bertz CT molecular complexity index is 921. The van der Waals surface area contributed by atoms with Crippen LogP contribution in [0, 0.1) is 5.92 Å². The first-order chi connectivity index (χ1) is 13.1. The molecule has 2 aromatic carbocycles. The average molecular weight is 362 g/mol. The fourth-order valence-electron chi connectivity index (χ4n) is 3.42. The molecule has 0 N–H and O–H groups in total. The largest absolute Gasteiger partial charge is 0.452 e. The highest BCUT2D eigenvalue weighted by Crippen LogP contribution is 2.30. The van der Waals surface area contributed by atoms with Crippen molar-refractivity contribution in [1.82, 2.24) is 0 Å². The van der Waals surface area contributed by atoms with Gasteiger partial charge in [0.2, 0.25) is 5.78 Å². The maximum absolute atomic E-state index is 13.0. The summed E-state index contributed by atoms with van der Waals surface area (Å²) in [4.78, 5) is 25.5. The molecule has 27 heavy (non-hydrogen) atoms. The predicted octanol–water partition coefficient (Wildman–Crippen LogP) is 5.99. The van der Waals surface area contributed by atoms with E-state index in [-0.39, 0.29) is 17.5 Å². The first kappa shape index (κ1) is 19.1. The fraction of sp³-hybridized carbons (Fsp3) is 0.333. The molecule has 0 spiro atoms. The van der Waals surface area contributed by atoms with E-state index in [1.54, 1.807) is 12.1 Å². The van der Waals surface area contributed by atoms with Crippen LogP contribution in [0.15, 0.2) is 59.0 Å². The van der Waals surface area contributed by atoms with E-state index in [0.29, 0.717) is 29.7 Å². The van der Waals surface area contributed by atoms with Crippen molar-refractivity contribution in [3.05, 3.63) is 71.5 Å². The van der Waals surface area contributed by atoms with Crippen LogP contribution in [0.4, 0.5) is 0 Å². The zero-order valence-electron chi connectivity index (χ0n) is 16.0. The number of fused-ring (bicyclic) bond motifs is 1. The third-order valence-electron chi connectivity index (χ3n) is 5.03. The number of ketones is 2. The molecule has 0 bridgehead atoms. The number of Topliss-reactive ketones (excluding diaryl/α,β-unsaturated/α-hetero) is 1.